The summed E-state index contributed by atoms with van der Waals surface area (Å²) in [6.45, 7) is 4.55. The van der Waals surface area contributed by atoms with Crippen LogP contribution in [-0.2, 0) is 19.4 Å². The van der Waals surface area contributed by atoms with E-state index in [-0.39, 0.29) is 45.2 Å². The third-order valence-electron chi connectivity index (χ3n) is 5.55. The van der Waals surface area contributed by atoms with Gasteiger partial charge in [0.2, 0.25) is 0 Å². The molecule has 2 unspecified atom stereocenters. The van der Waals surface area contributed by atoms with Crippen LogP contribution in [0.25, 0.3) is 11.3 Å². The van der Waals surface area contributed by atoms with Gasteiger partial charge in [0.05, 0.1) is 22.1 Å². The number of esters is 1. The van der Waals surface area contributed by atoms with E-state index < -0.39 is 40.2 Å². The fourth-order valence-electron chi connectivity index (χ4n) is 3.78. The first kappa shape index (κ1) is 24.2. The van der Waals surface area contributed by atoms with Crippen LogP contribution < -0.4 is 0 Å². The van der Waals surface area contributed by atoms with Crippen molar-refractivity contribution in [1.29, 1.82) is 0 Å². The number of sulfone groups is 1. The van der Waals surface area contributed by atoms with E-state index >= 15 is 0 Å². The largest absolute Gasteiger partial charge is 0.452 e. The van der Waals surface area contributed by atoms with Crippen LogP contribution >= 0.6 is 11.6 Å². The van der Waals surface area contributed by atoms with Crippen LogP contribution in [0.1, 0.15) is 42.8 Å². The highest BCUT2D eigenvalue weighted by atomic mass is 35.5. The number of halogens is 2. The Morgan fingerprint density at radius 1 is 1.41 bits per heavy atom. The molecule has 1 saturated heterocycles. The average Bonchev–Trinajstić information content (AvgIpc) is 3.28. The van der Waals surface area contributed by atoms with Gasteiger partial charge in [0.15, 0.2) is 16.4 Å². The number of aryl methyl sites for hydroxylation is 1. The zero-order valence-corrected chi connectivity index (χ0v) is 19.5. The molecule has 8 nitrogen and oxygen atoms in total. The molecular formula is C21H24ClFN2O6S. The van der Waals surface area contributed by atoms with Crippen LogP contribution in [0.5, 0.6) is 0 Å². The predicted octanol–water partition coefficient (Wildman–Crippen LogP) is 3.41. The van der Waals surface area contributed by atoms with Crippen LogP contribution in [-0.4, -0.2) is 60.5 Å². The zero-order valence-electron chi connectivity index (χ0n) is 17.9. The summed E-state index contributed by atoms with van der Waals surface area (Å²) in [6.07, 6.45) is 0.948. The minimum absolute atomic E-state index is 0.0182. The standard InChI is InChI=1S/C21H24ClFN2O6S/c1-4-12(2)25(14-8-9-32(28,29)11-14)17(26)10-30-21(27)18-13(3)31-24-20(18)19-15(22)6-5-7-16(19)23/h5-7,12,14H,4,8-11H2,1-3H3. The molecule has 1 aliphatic rings. The maximum atomic E-state index is 14.3. The molecule has 3 rings (SSSR count). The van der Waals surface area contributed by atoms with Gasteiger partial charge in [-0.05, 0) is 38.8 Å². The summed E-state index contributed by atoms with van der Waals surface area (Å²) in [7, 11) is -3.20. The molecule has 0 saturated carbocycles. The molecule has 1 aromatic carbocycles. The highest BCUT2D eigenvalue weighted by molar-refractivity contribution is 7.91. The van der Waals surface area contributed by atoms with Gasteiger partial charge in [-0.2, -0.15) is 0 Å². The first-order chi connectivity index (χ1) is 15.1. The molecule has 0 radical (unpaired) electrons. The molecule has 0 spiro atoms. The second kappa shape index (κ2) is 9.58. The number of carbonyl (C=O) groups is 2. The van der Waals surface area contributed by atoms with Crippen molar-refractivity contribution >= 4 is 33.3 Å². The molecule has 1 aliphatic heterocycles. The van der Waals surface area contributed by atoms with Gasteiger partial charge in [-0.25, -0.2) is 17.6 Å². The molecular weight excluding hydrogens is 463 g/mol. The van der Waals surface area contributed by atoms with Gasteiger partial charge < -0.3 is 14.2 Å². The van der Waals surface area contributed by atoms with E-state index in [0.29, 0.717) is 12.8 Å². The molecule has 0 N–H and O–H groups in total. The number of rotatable bonds is 7. The fourth-order valence-corrected chi connectivity index (χ4v) is 5.75. The fraction of sp³-hybridized carbons (Fsp3) is 0.476. The zero-order chi connectivity index (χ0) is 23.6. The summed E-state index contributed by atoms with van der Waals surface area (Å²) in [4.78, 5) is 27.2. The molecule has 174 valence electrons. The number of carbonyl (C=O) groups excluding carboxylic acids is 2. The lowest BCUT2D eigenvalue weighted by molar-refractivity contribution is -0.138. The summed E-state index contributed by atoms with van der Waals surface area (Å²) < 4.78 is 48.4. The van der Waals surface area contributed by atoms with Crippen molar-refractivity contribution in [3.05, 3.63) is 40.4 Å². The summed E-state index contributed by atoms with van der Waals surface area (Å²) >= 11 is 6.08. The van der Waals surface area contributed by atoms with Crippen LogP contribution in [0.4, 0.5) is 4.39 Å². The van der Waals surface area contributed by atoms with E-state index in [1.165, 1.54) is 30.0 Å². The Morgan fingerprint density at radius 3 is 2.72 bits per heavy atom. The van der Waals surface area contributed by atoms with Gasteiger partial charge in [-0.1, -0.05) is 29.7 Å². The molecule has 2 atom stereocenters. The summed E-state index contributed by atoms with van der Waals surface area (Å²) in [5, 5.41) is 3.79. The summed E-state index contributed by atoms with van der Waals surface area (Å²) in [6, 6.07) is 3.33. The number of hydrogen-bond donors (Lipinski definition) is 0. The van der Waals surface area contributed by atoms with Crippen LogP contribution in [0.15, 0.2) is 22.7 Å². The third kappa shape index (κ3) is 4.96. The molecule has 2 heterocycles. The number of ether oxygens (including phenoxy) is 1. The normalized spacial score (nSPS) is 18.3. The third-order valence-corrected chi connectivity index (χ3v) is 7.61. The maximum absolute atomic E-state index is 14.3. The number of aromatic nitrogens is 1. The molecule has 1 aromatic heterocycles. The number of amides is 1. The molecule has 11 heteroatoms. The van der Waals surface area contributed by atoms with Gasteiger partial charge in [0.25, 0.3) is 5.91 Å². The van der Waals surface area contributed by atoms with E-state index in [0.717, 1.165) is 0 Å². The Balaban J connectivity index is 1.80. The minimum atomic E-state index is -3.20. The van der Waals surface area contributed by atoms with Crippen molar-refractivity contribution in [2.75, 3.05) is 18.1 Å². The van der Waals surface area contributed by atoms with E-state index in [2.05, 4.69) is 5.16 Å². The lowest BCUT2D eigenvalue weighted by Crippen LogP contribution is -2.48. The first-order valence-electron chi connectivity index (χ1n) is 10.1. The Bertz CT molecular complexity index is 1110. The Labute approximate surface area is 190 Å². The van der Waals surface area contributed by atoms with Crippen LogP contribution in [0.2, 0.25) is 5.02 Å². The van der Waals surface area contributed by atoms with Crippen molar-refractivity contribution in [1.82, 2.24) is 10.1 Å². The van der Waals surface area contributed by atoms with Gasteiger partial charge in [0.1, 0.15) is 22.8 Å². The van der Waals surface area contributed by atoms with Gasteiger partial charge in [0, 0.05) is 12.1 Å². The van der Waals surface area contributed by atoms with Gasteiger partial charge in [-0.15, -0.1) is 0 Å². The number of nitrogens with zero attached hydrogens (tertiary/aromatic N) is 2. The number of benzene rings is 1. The summed E-state index contributed by atoms with van der Waals surface area (Å²) in [5.74, 6) is -2.13. The Morgan fingerprint density at radius 2 is 2.12 bits per heavy atom. The Kier molecular flexibility index (Phi) is 7.24. The quantitative estimate of drug-likeness (QED) is 0.552. The molecule has 1 fully saturated rings. The van der Waals surface area contributed by atoms with Crippen molar-refractivity contribution in [3.63, 3.8) is 0 Å². The SMILES string of the molecule is CCC(C)N(C(=O)COC(=O)c1c(-c2c(F)cccc2Cl)noc1C)C1CCS(=O)(=O)C1. The smallest absolute Gasteiger partial charge is 0.344 e. The van der Waals surface area contributed by atoms with Crippen LogP contribution in [0, 0.1) is 12.7 Å². The maximum Gasteiger partial charge on any atom is 0.344 e. The van der Waals surface area contributed by atoms with Crippen molar-refractivity contribution in [3.8, 4) is 11.3 Å². The van der Waals surface area contributed by atoms with E-state index in [1.54, 1.807) is 0 Å². The molecule has 2 aromatic rings. The lowest BCUT2D eigenvalue weighted by atomic mass is 10.1. The molecule has 32 heavy (non-hydrogen) atoms. The first-order valence-corrected chi connectivity index (χ1v) is 12.3. The monoisotopic (exact) mass is 486 g/mol. The van der Waals surface area contributed by atoms with Gasteiger partial charge >= 0.3 is 5.97 Å². The average molecular weight is 487 g/mol. The lowest BCUT2D eigenvalue weighted by Gasteiger charge is -2.33. The van der Waals surface area contributed by atoms with E-state index in [4.69, 9.17) is 20.9 Å². The number of hydrogen-bond acceptors (Lipinski definition) is 7. The van der Waals surface area contributed by atoms with Crippen molar-refractivity contribution in [2.24, 2.45) is 0 Å². The predicted molar refractivity (Wildman–Crippen MR) is 116 cm³/mol. The molecule has 0 bridgehead atoms. The van der Waals surface area contributed by atoms with E-state index in [1.807, 2.05) is 13.8 Å². The van der Waals surface area contributed by atoms with Crippen molar-refractivity contribution in [2.45, 2.75) is 45.7 Å². The van der Waals surface area contributed by atoms with E-state index in [9.17, 15) is 22.4 Å². The van der Waals surface area contributed by atoms with Gasteiger partial charge in [-0.3, -0.25) is 4.79 Å². The van der Waals surface area contributed by atoms with Crippen molar-refractivity contribution < 1.29 is 31.7 Å². The Hall–Kier alpha value is -2.46. The van der Waals surface area contributed by atoms with Crippen LogP contribution in [0.3, 0.4) is 0 Å². The molecule has 0 aliphatic carbocycles. The highest BCUT2D eigenvalue weighted by Gasteiger charge is 2.37. The minimum Gasteiger partial charge on any atom is -0.452 e. The second-order valence-electron chi connectivity index (χ2n) is 7.75. The second-order valence-corrected chi connectivity index (χ2v) is 10.4. The topological polar surface area (TPSA) is 107 Å². The summed E-state index contributed by atoms with van der Waals surface area (Å²) in [5.41, 5.74) is -0.367. The molecule has 1 amide bonds. The highest BCUT2D eigenvalue weighted by Crippen LogP contribution is 2.33.